The zero-order chi connectivity index (χ0) is 11.4. The maximum absolute atomic E-state index is 6.20. The van der Waals surface area contributed by atoms with E-state index in [0.717, 1.165) is 19.4 Å². The van der Waals surface area contributed by atoms with Crippen molar-refractivity contribution in [3.8, 4) is 0 Å². The second-order valence-corrected chi connectivity index (χ2v) is 5.68. The molecule has 0 aliphatic heterocycles. The van der Waals surface area contributed by atoms with Crippen molar-refractivity contribution in [1.29, 1.82) is 0 Å². The van der Waals surface area contributed by atoms with Gasteiger partial charge in [-0.1, -0.05) is 6.92 Å². The fourth-order valence-corrected chi connectivity index (χ4v) is 2.99. The topological polar surface area (TPSA) is 50.9 Å². The van der Waals surface area contributed by atoms with E-state index in [9.17, 15) is 0 Å². The lowest BCUT2D eigenvalue weighted by molar-refractivity contribution is 0.226. The lowest BCUT2D eigenvalue weighted by Gasteiger charge is -2.38. The SMILES string of the molecule is CCC(NCCC1(N)CCC1)c1nccs1. The lowest BCUT2D eigenvalue weighted by Crippen LogP contribution is -2.48. The molecule has 90 valence electrons. The normalized spacial score (nSPS) is 20.4. The smallest absolute Gasteiger partial charge is 0.109 e. The fraction of sp³-hybridized carbons (Fsp3) is 0.750. The Hall–Kier alpha value is -0.450. The molecule has 1 aromatic heterocycles. The number of nitrogens with one attached hydrogen (secondary N) is 1. The molecule has 0 saturated heterocycles. The molecule has 0 amide bonds. The molecule has 1 atom stereocenters. The summed E-state index contributed by atoms with van der Waals surface area (Å²) >= 11 is 1.73. The zero-order valence-corrected chi connectivity index (χ0v) is 10.7. The Morgan fingerprint density at radius 2 is 2.44 bits per heavy atom. The highest BCUT2D eigenvalue weighted by Gasteiger charge is 2.31. The summed E-state index contributed by atoms with van der Waals surface area (Å²) < 4.78 is 0. The van der Waals surface area contributed by atoms with Crippen LogP contribution in [0.15, 0.2) is 11.6 Å². The van der Waals surface area contributed by atoms with Gasteiger partial charge in [-0.3, -0.25) is 0 Å². The Labute approximate surface area is 101 Å². The van der Waals surface area contributed by atoms with Crippen LogP contribution in [0.25, 0.3) is 0 Å². The standard InChI is InChI=1S/C12H21N3S/c1-2-10(11-15-8-9-16-11)14-7-6-12(13)4-3-5-12/h8-10,14H,2-7,13H2,1H3. The quantitative estimate of drug-likeness (QED) is 0.801. The number of aromatic nitrogens is 1. The third-order valence-electron chi connectivity index (χ3n) is 3.52. The Morgan fingerprint density at radius 3 is 2.94 bits per heavy atom. The molecular formula is C12H21N3S. The number of nitrogens with two attached hydrogens (primary N) is 1. The van der Waals surface area contributed by atoms with E-state index in [1.807, 2.05) is 11.6 Å². The average Bonchev–Trinajstić information content (AvgIpc) is 2.75. The summed E-state index contributed by atoms with van der Waals surface area (Å²) in [4.78, 5) is 4.36. The predicted molar refractivity (Wildman–Crippen MR) is 68.5 cm³/mol. The monoisotopic (exact) mass is 239 g/mol. The Morgan fingerprint density at radius 1 is 1.62 bits per heavy atom. The van der Waals surface area contributed by atoms with E-state index in [0.29, 0.717) is 6.04 Å². The van der Waals surface area contributed by atoms with Crippen molar-refractivity contribution in [2.24, 2.45) is 5.73 Å². The Bertz CT molecular complexity index is 306. The lowest BCUT2D eigenvalue weighted by atomic mass is 9.75. The van der Waals surface area contributed by atoms with Crippen LogP contribution in [-0.2, 0) is 0 Å². The molecule has 3 nitrogen and oxygen atoms in total. The van der Waals surface area contributed by atoms with Gasteiger partial charge in [0.05, 0.1) is 6.04 Å². The summed E-state index contributed by atoms with van der Waals surface area (Å²) in [6, 6.07) is 0.406. The van der Waals surface area contributed by atoms with Gasteiger partial charge in [0, 0.05) is 17.1 Å². The highest BCUT2D eigenvalue weighted by molar-refractivity contribution is 7.09. The number of thiazole rings is 1. The summed E-state index contributed by atoms with van der Waals surface area (Å²) in [5.41, 5.74) is 6.33. The summed E-state index contributed by atoms with van der Waals surface area (Å²) in [6.45, 7) is 3.20. The van der Waals surface area contributed by atoms with E-state index in [1.54, 1.807) is 11.3 Å². The average molecular weight is 239 g/mol. The summed E-state index contributed by atoms with van der Waals surface area (Å²) in [7, 11) is 0. The van der Waals surface area contributed by atoms with Gasteiger partial charge in [-0.25, -0.2) is 4.98 Å². The first kappa shape index (κ1) is 12.0. The predicted octanol–water partition coefficient (Wildman–Crippen LogP) is 2.46. The van der Waals surface area contributed by atoms with Gasteiger partial charge in [0.15, 0.2) is 0 Å². The Kier molecular flexibility index (Phi) is 3.95. The van der Waals surface area contributed by atoms with Gasteiger partial charge in [-0.15, -0.1) is 11.3 Å². The van der Waals surface area contributed by atoms with E-state index in [2.05, 4.69) is 17.2 Å². The molecule has 16 heavy (non-hydrogen) atoms. The zero-order valence-electron chi connectivity index (χ0n) is 9.91. The molecular weight excluding hydrogens is 218 g/mol. The van der Waals surface area contributed by atoms with Crippen LogP contribution in [0.4, 0.5) is 0 Å². The van der Waals surface area contributed by atoms with E-state index in [4.69, 9.17) is 5.73 Å². The van der Waals surface area contributed by atoms with Crippen LogP contribution in [0.5, 0.6) is 0 Å². The molecule has 0 radical (unpaired) electrons. The number of nitrogens with zero attached hydrogens (tertiary/aromatic N) is 1. The van der Waals surface area contributed by atoms with Gasteiger partial charge in [0.1, 0.15) is 5.01 Å². The van der Waals surface area contributed by atoms with Crippen LogP contribution in [0.2, 0.25) is 0 Å². The molecule has 1 saturated carbocycles. The van der Waals surface area contributed by atoms with Crippen molar-refractivity contribution in [3.05, 3.63) is 16.6 Å². The van der Waals surface area contributed by atoms with Crippen molar-refractivity contribution in [1.82, 2.24) is 10.3 Å². The molecule has 1 unspecified atom stereocenters. The van der Waals surface area contributed by atoms with Crippen molar-refractivity contribution < 1.29 is 0 Å². The van der Waals surface area contributed by atoms with Crippen molar-refractivity contribution >= 4 is 11.3 Å². The molecule has 1 aliphatic rings. The van der Waals surface area contributed by atoms with Gasteiger partial charge >= 0.3 is 0 Å². The maximum atomic E-state index is 6.20. The third-order valence-corrected chi connectivity index (χ3v) is 4.41. The van der Waals surface area contributed by atoms with E-state index >= 15 is 0 Å². The van der Waals surface area contributed by atoms with E-state index in [-0.39, 0.29) is 5.54 Å². The van der Waals surface area contributed by atoms with Gasteiger partial charge in [0.25, 0.3) is 0 Å². The first-order valence-electron chi connectivity index (χ1n) is 6.15. The second-order valence-electron chi connectivity index (χ2n) is 4.75. The minimum absolute atomic E-state index is 0.133. The molecule has 1 fully saturated rings. The fourth-order valence-electron chi connectivity index (χ4n) is 2.19. The van der Waals surface area contributed by atoms with Gasteiger partial charge < -0.3 is 11.1 Å². The minimum atomic E-state index is 0.133. The van der Waals surface area contributed by atoms with Crippen molar-refractivity contribution in [2.45, 2.75) is 50.6 Å². The van der Waals surface area contributed by atoms with E-state index in [1.165, 1.54) is 24.3 Å². The van der Waals surface area contributed by atoms with Crippen molar-refractivity contribution in [2.75, 3.05) is 6.54 Å². The molecule has 4 heteroatoms. The number of hydrogen-bond donors (Lipinski definition) is 2. The molecule has 0 aromatic carbocycles. The molecule has 1 aliphatic carbocycles. The highest BCUT2D eigenvalue weighted by Crippen LogP contribution is 2.32. The molecule has 2 rings (SSSR count). The first-order chi connectivity index (χ1) is 7.73. The summed E-state index contributed by atoms with van der Waals surface area (Å²) in [5.74, 6) is 0. The van der Waals surface area contributed by atoms with Crippen molar-refractivity contribution in [3.63, 3.8) is 0 Å². The molecule has 0 spiro atoms. The van der Waals surface area contributed by atoms with Crippen LogP contribution in [0.1, 0.15) is 50.1 Å². The molecule has 1 aromatic rings. The van der Waals surface area contributed by atoms with Gasteiger partial charge in [-0.05, 0) is 38.6 Å². The second kappa shape index (κ2) is 5.25. The number of hydrogen-bond acceptors (Lipinski definition) is 4. The van der Waals surface area contributed by atoms with Gasteiger partial charge in [0.2, 0.25) is 0 Å². The molecule has 3 N–H and O–H groups in total. The largest absolute Gasteiger partial charge is 0.325 e. The highest BCUT2D eigenvalue weighted by atomic mass is 32.1. The van der Waals surface area contributed by atoms with Crippen LogP contribution in [0, 0.1) is 0 Å². The summed E-state index contributed by atoms with van der Waals surface area (Å²) in [5, 5.41) is 6.80. The molecule has 0 bridgehead atoms. The summed E-state index contributed by atoms with van der Waals surface area (Å²) in [6.07, 6.45) is 7.76. The van der Waals surface area contributed by atoms with Crippen LogP contribution in [0.3, 0.4) is 0 Å². The van der Waals surface area contributed by atoms with Crippen LogP contribution in [-0.4, -0.2) is 17.1 Å². The minimum Gasteiger partial charge on any atom is -0.325 e. The van der Waals surface area contributed by atoms with Crippen LogP contribution < -0.4 is 11.1 Å². The number of rotatable bonds is 6. The van der Waals surface area contributed by atoms with Gasteiger partial charge in [-0.2, -0.15) is 0 Å². The molecule has 1 heterocycles. The van der Waals surface area contributed by atoms with E-state index < -0.39 is 0 Å². The van der Waals surface area contributed by atoms with Crippen LogP contribution >= 0.6 is 11.3 Å². The third kappa shape index (κ3) is 2.81. The first-order valence-corrected chi connectivity index (χ1v) is 7.03. The maximum Gasteiger partial charge on any atom is 0.109 e. The Balaban J connectivity index is 1.75.